The van der Waals surface area contributed by atoms with Crippen LogP contribution in [-0.2, 0) is 11.3 Å². The third kappa shape index (κ3) is 2.88. The van der Waals surface area contributed by atoms with Crippen molar-refractivity contribution < 1.29 is 9.53 Å². The smallest absolute Gasteiger partial charge is 0.227 e. The van der Waals surface area contributed by atoms with Gasteiger partial charge in [0.25, 0.3) is 0 Å². The normalized spacial score (nSPS) is 22.8. The van der Waals surface area contributed by atoms with Gasteiger partial charge in [0.05, 0.1) is 12.5 Å². The van der Waals surface area contributed by atoms with Crippen molar-refractivity contribution in [1.29, 1.82) is 0 Å². The van der Waals surface area contributed by atoms with Gasteiger partial charge in [-0.15, -0.1) is 0 Å². The fraction of sp³-hybridized carbons (Fsp3) is 0.533. The van der Waals surface area contributed by atoms with Crippen molar-refractivity contribution in [2.75, 3.05) is 33.0 Å². The van der Waals surface area contributed by atoms with E-state index in [9.17, 15) is 4.79 Å². The number of hydrogen-bond acceptors (Lipinski definition) is 4. The van der Waals surface area contributed by atoms with Crippen LogP contribution in [0.5, 0.6) is 5.75 Å². The highest BCUT2D eigenvalue weighted by Crippen LogP contribution is 2.32. The van der Waals surface area contributed by atoms with E-state index in [2.05, 4.69) is 10.2 Å². The summed E-state index contributed by atoms with van der Waals surface area (Å²) < 4.78 is 5.37. The molecule has 0 bridgehead atoms. The number of methoxy groups -OCH3 is 1. The summed E-state index contributed by atoms with van der Waals surface area (Å²) in [6, 6.07) is 5.66. The quantitative estimate of drug-likeness (QED) is 0.812. The van der Waals surface area contributed by atoms with E-state index in [0.717, 1.165) is 43.1 Å². The molecule has 1 amide bonds. The van der Waals surface area contributed by atoms with Crippen LogP contribution in [0.3, 0.4) is 0 Å². The standard InChI is InChI=1S/C15H23N3O2/c1-15(14(19)17-2)6-7-18(10-15)9-11-8-12(16)4-5-13(11)20-3/h4-5,8H,6-7,9-10,16H2,1-3H3,(H,17,19). The van der Waals surface area contributed by atoms with Crippen molar-refractivity contribution in [1.82, 2.24) is 10.2 Å². The number of nitrogen functional groups attached to an aromatic ring is 1. The van der Waals surface area contributed by atoms with Gasteiger partial charge in [-0.25, -0.2) is 0 Å². The minimum atomic E-state index is -0.303. The van der Waals surface area contributed by atoms with Crippen LogP contribution < -0.4 is 15.8 Å². The number of nitrogens with zero attached hydrogens (tertiary/aromatic N) is 1. The molecule has 1 aliphatic rings. The van der Waals surface area contributed by atoms with Crippen LogP contribution in [0.2, 0.25) is 0 Å². The molecule has 1 unspecified atom stereocenters. The zero-order chi connectivity index (χ0) is 14.8. The maximum absolute atomic E-state index is 11.9. The van der Waals surface area contributed by atoms with Gasteiger partial charge in [-0.1, -0.05) is 0 Å². The first-order chi connectivity index (χ1) is 9.48. The molecule has 2 rings (SSSR count). The number of likely N-dealkylation sites (tertiary alicyclic amines) is 1. The third-order valence-electron chi connectivity index (χ3n) is 4.03. The molecule has 0 aliphatic carbocycles. The first-order valence-electron chi connectivity index (χ1n) is 6.85. The SMILES string of the molecule is CNC(=O)C1(C)CCN(Cc2cc(N)ccc2OC)C1. The summed E-state index contributed by atoms with van der Waals surface area (Å²) in [5.41, 5.74) is 7.33. The largest absolute Gasteiger partial charge is 0.496 e. The van der Waals surface area contributed by atoms with E-state index in [0.29, 0.717) is 0 Å². The molecule has 0 spiro atoms. The minimum absolute atomic E-state index is 0.111. The lowest BCUT2D eigenvalue weighted by Gasteiger charge is -2.23. The summed E-state index contributed by atoms with van der Waals surface area (Å²) in [5, 5.41) is 2.75. The van der Waals surface area contributed by atoms with Crippen molar-refractivity contribution >= 4 is 11.6 Å². The second kappa shape index (κ2) is 5.71. The maximum Gasteiger partial charge on any atom is 0.227 e. The van der Waals surface area contributed by atoms with Crippen LogP contribution in [0.1, 0.15) is 18.9 Å². The lowest BCUT2D eigenvalue weighted by molar-refractivity contribution is -0.129. The predicted octanol–water partition coefficient (Wildman–Crippen LogP) is 1.24. The molecule has 0 saturated carbocycles. The number of ether oxygens (including phenoxy) is 1. The van der Waals surface area contributed by atoms with Gasteiger partial charge in [-0.05, 0) is 38.1 Å². The van der Waals surface area contributed by atoms with Gasteiger partial charge < -0.3 is 15.8 Å². The predicted molar refractivity (Wildman–Crippen MR) is 79.5 cm³/mol. The van der Waals surface area contributed by atoms with E-state index in [-0.39, 0.29) is 11.3 Å². The Balaban J connectivity index is 2.09. The lowest BCUT2D eigenvalue weighted by atomic mass is 9.89. The first kappa shape index (κ1) is 14.7. The van der Waals surface area contributed by atoms with Crippen molar-refractivity contribution in [3.05, 3.63) is 23.8 Å². The minimum Gasteiger partial charge on any atom is -0.496 e. The van der Waals surface area contributed by atoms with E-state index in [1.807, 2.05) is 25.1 Å². The molecule has 1 fully saturated rings. The van der Waals surface area contributed by atoms with Crippen molar-refractivity contribution in [2.24, 2.45) is 5.41 Å². The van der Waals surface area contributed by atoms with E-state index < -0.39 is 0 Å². The third-order valence-corrected chi connectivity index (χ3v) is 4.03. The number of carbonyl (C=O) groups excluding carboxylic acids is 1. The van der Waals surface area contributed by atoms with Gasteiger partial charge in [0, 0.05) is 31.4 Å². The highest BCUT2D eigenvalue weighted by Gasteiger charge is 2.39. The summed E-state index contributed by atoms with van der Waals surface area (Å²) >= 11 is 0. The number of nitrogens with two attached hydrogens (primary N) is 1. The van der Waals surface area contributed by atoms with Crippen molar-refractivity contribution in [2.45, 2.75) is 19.9 Å². The topological polar surface area (TPSA) is 67.6 Å². The fourth-order valence-electron chi connectivity index (χ4n) is 2.84. The van der Waals surface area contributed by atoms with E-state index in [1.165, 1.54) is 0 Å². The highest BCUT2D eigenvalue weighted by atomic mass is 16.5. The average Bonchev–Trinajstić information content (AvgIpc) is 2.81. The van der Waals surface area contributed by atoms with Gasteiger partial charge in [0.15, 0.2) is 0 Å². The molecule has 0 aromatic heterocycles. The Morgan fingerprint density at radius 1 is 1.55 bits per heavy atom. The summed E-state index contributed by atoms with van der Waals surface area (Å²) in [7, 11) is 3.35. The van der Waals surface area contributed by atoms with E-state index in [4.69, 9.17) is 10.5 Å². The molecule has 0 radical (unpaired) electrons. The van der Waals surface area contributed by atoms with Gasteiger partial charge in [0.2, 0.25) is 5.91 Å². The molecule has 20 heavy (non-hydrogen) atoms. The molecule has 1 atom stereocenters. The van der Waals surface area contributed by atoms with Gasteiger partial charge in [-0.3, -0.25) is 9.69 Å². The molecule has 3 N–H and O–H groups in total. The molecule has 1 heterocycles. The number of anilines is 1. The molecule has 5 nitrogen and oxygen atoms in total. The van der Waals surface area contributed by atoms with E-state index >= 15 is 0 Å². The monoisotopic (exact) mass is 277 g/mol. The average molecular weight is 277 g/mol. The highest BCUT2D eigenvalue weighted by molar-refractivity contribution is 5.82. The molecular formula is C15H23N3O2. The van der Waals surface area contributed by atoms with Gasteiger partial charge in [0.1, 0.15) is 5.75 Å². The second-order valence-corrected chi connectivity index (χ2v) is 5.67. The number of nitrogens with one attached hydrogen (secondary N) is 1. The molecule has 1 aromatic carbocycles. The van der Waals surface area contributed by atoms with Crippen molar-refractivity contribution in [3.63, 3.8) is 0 Å². The van der Waals surface area contributed by atoms with Gasteiger partial charge >= 0.3 is 0 Å². The Hall–Kier alpha value is -1.75. The van der Waals surface area contributed by atoms with Crippen LogP contribution in [-0.4, -0.2) is 38.1 Å². The number of hydrogen-bond donors (Lipinski definition) is 2. The Morgan fingerprint density at radius 3 is 2.95 bits per heavy atom. The second-order valence-electron chi connectivity index (χ2n) is 5.67. The van der Waals surface area contributed by atoms with Crippen LogP contribution in [0.4, 0.5) is 5.69 Å². The van der Waals surface area contributed by atoms with Crippen LogP contribution in [0.15, 0.2) is 18.2 Å². The summed E-state index contributed by atoms with van der Waals surface area (Å²) in [4.78, 5) is 14.2. The Kier molecular flexibility index (Phi) is 4.18. The summed E-state index contributed by atoms with van der Waals surface area (Å²) in [6.45, 7) is 4.43. The molecule has 1 saturated heterocycles. The van der Waals surface area contributed by atoms with Crippen LogP contribution in [0, 0.1) is 5.41 Å². The van der Waals surface area contributed by atoms with Crippen molar-refractivity contribution in [3.8, 4) is 5.75 Å². The number of amides is 1. The Bertz CT molecular complexity index is 504. The number of benzene rings is 1. The van der Waals surface area contributed by atoms with E-state index in [1.54, 1.807) is 14.2 Å². The van der Waals surface area contributed by atoms with Gasteiger partial charge in [-0.2, -0.15) is 0 Å². The number of rotatable bonds is 4. The molecule has 110 valence electrons. The van der Waals surface area contributed by atoms with Crippen LogP contribution >= 0.6 is 0 Å². The molecule has 1 aromatic rings. The van der Waals surface area contributed by atoms with Crippen LogP contribution in [0.25, 0.3) is 0 Å². The Morgan fingerprint density at radius 2 is 2.30 bits per heavy atom. The molecular weight excluding hydrogens is 254 g/mol. The maximum atomic E-state index is 11.9. The molecule has 5 heteroatoms. The zero-order valence-corrected chi connectivity index (χ0v) is 12.4. The fourth-order valence-corrected chi connectivity index (χ4v) is 2.84. The Labute approximate surface area is 120 Å². The summed E-state index contributed by atoms with van der Waals surface area (Å²) in [5.74, 6) is 0.951. The molecule has 1 aliphatic heterocycles. The summed E-state index contributed by atoms with van der Waals surface area (Å²) in [6.07, 6.45) is 0.872. The number of carbonyl (C=O) groups is 1. The lowest BCUT2D eigenvalue weighted by Crippen LogP contribution is -2.39. The zero-order valence-electron chi connectivity index (χ0n) is 12.4. The first-order valence-corrected chi connectivity index (χ1v) is 6.85.